The van der Waals surface area contributed by atoms with Crippen LogP contribution in [0.1, 0.15) is 57.8 Å². The van der Waals surface area contributed by atoms with Crippen LogP contribution in [-0.2, 0) is 9.47 Å². The summed E-state index contributed by atoms with van der Waals surface area (Å²) in [5.74, 6) is 0. The van der Waals surface area contributed by atoms with Crippen LogP contribution < -0.4 is 0 Å². The van der Waals surface area contributed by atoms with Gasteiger partial charge in [-0.15, -0.1) is 0 Å². The maximum absolute atomic E-state index is 5.69. The Kier molecular flexibility index (Phi) is 5.20. The lowest BCUT2D eigenvalue weighted by atomic mass is 10.1. The van der Waals surface area contributed by atoms with Gasteiger partial charge < -0.3 is 9.47 Å². The zero-order valence-corrected chi connectivity index (χ0v) is 10.2. The maximum atomic E-state index is 5.69. The minimum Gasteiger partial charge on any atom is -0.501 e. The van der Waals surface area contributed by atoms with Crippen LogP contribution in [0.15, 0.2) is 11.8 Å². The third-order valence-corrected chi connectivity index (χ3v) is 3.56. The molecular weight excluding hydrogens is 200 g/mol. The molecule has 16 heavy (non-hydrogen) atoms. The van der Waals surface area contributed by atoms with Crippen molar-refractivity contribution in [2.24, 2.45) is 0 Å². The van der Waals surface area contributed by atoms with Crippen LogP contribution in [0.2, 0.25) is 0 Å². The summed E-state index contributed by atoms with van der Waals surface area (Å²) >= 11 is 0. The summed E-state index contributed by atoms with van der Waals surface area (Å²) in [5, 5.41) is 0. The summed E-state index contributed by atoms with van der Waals surface area (Å²) in [6, 6.07) is 0. The molecule has 0 radical (unpaired) electrons. The molecule has 1 heterocycles. The zero-order chi connectivity index (χ0) is 11.1. The van der Waals surface area contributed by atoms with E-state index < -0.39 is 0 Å². The van der Waals surface area contributed by atoms with Crippen LogP contribution in [0.3, 0.4) is 0 Å². The normalized spacial score (nSPS) is 25.8. The smallest absolute Gasteiger partial charge is 0.0874 e. The molecule has 1 saturated heterocycles. The van der Waals surface area contributed by atoms with Gasteiger partial charge in [0.05, 0.1) is 19.0 Å². The first-order valence-electron chi connectivity index (χ1n) is 6.86. The van der Waals surface area contributed by atoms with Crippen molar-refractivity contribution in [2.75, 3.05) is 13.2 Å². The van der Waals surface area contributed by atoms with Crippen molar-refractivity contribution in [1.29, 1.82) is 0 Å². The lowest BCUT2D eigenvalue weighted by molar-refractivity contribution is 0.00730. The van der Waals surface area contributed by atoms with E-state index in [1.807, 2.05) is 6.26 Å². The first-order chi connectivity index (χ1) is 7.95. The predicted octanol–water partition coefficient (Wildman–Crippen LogP) is 3.81. The average Bonchev–Trinajstić information content (AvgIpc) is 2.83. The van der Waals surface area contributed by atoms with Crippen molar-refractivity contribution in [3.05, 3.63) is 11.8 Å². The second kappa shape index (κ2) is 6.95. The molecule has 2 rings (SSSR count). The molecule has 1 aliphatic heterocycles. The second-order valence-electron chi connectivity index (χ2n) is 4.98. The molecule has 0 aromatic rings. The van der Waals surface area contributed by atoms with E-state index in [1.54, 1.807) is 0 Å². The molecule has 0 bridgehead atoms. The predicted molar refractivity (Wildman–Crippen MR) is 65.3 cm³/mol. The van der Waals surface area contributed by atoms with Crippen LogP contribution in [0, 0.1) is 0 Å². The molecule has 1 aliphatic carbocycles. The molecule has 0 amide bonds. The molecule has 1 saturated carbocycles. The van der Waals surface area contributed by atoms with Crippen LogP contribution in [0.5, 0.6) is 0 Å². The Bertz CT molecular complexity index is 209. The quantitative estimate of drug-likeness (QED) is 0.522. The molecule has 2 fully saturated rings. The first kappa shape index (κ1) is 12.0. The van der Waals surface area contributed by atoms with E-state index in [2.05, 4.69) is 0 Å². The Labute approximate surface area is 99.0 Å². The van der Waals surface area contributed by atoms with E-state index in [0.717, 1.165) is 19.6 Å². The number of rotatable bonds is 5. The molecule has 2 aliphatic rings. The van der Waals surface area contributed by atoms with Gasteiger partial charge in [-0.1, -0.05) is 0 Å². The van der Waals surface area contributed by atoms with Crippen molar-refractivity contribution < 1.29 is 9.47 Å². The van der Waals surface area contributed by atoms with E-state index in [0.29, 0.717) is 6.10 Å². The summed E-state index contributed by atoms with van der Waals surface area (Å²) in [6.07, 6.45) is 13.9. The Morgan fingerprint density at radius 2 is 2.06 bits per heavy atom. The largest absolute Gasteiger partial charge is 0.501 e. The molecule has 2 nitrogen and oxygen atoms in total. The number of hydrogen-bond donors (Lipinski definition) is 0. The molecule has 0 aromatic heterocycles. The minimum absolute atomic E-state index is 0.511. The van der Waals surface area contributed by atoms with Crippen molar-refractivity contribution >= 4 is 0 Å². The van der Waals surface area contributed by atoms with Crippen molar-refractivity contribution in [3.63, 3.8) is 0 Å². The monoisotopic (exact) mass is 224 g/mol. The third-order valence-electron chi connectivity index (χ3n) is 3.56. The molecule has 0 aromatic carbocycles. The van der Waals surface area contributed by atoms with E-state index in [1.165, 1.54) is 56.9 Å². The van der Waals surface area contributed by atoms with Crippen LogP contribution in [0.25, 0.3) is 0 Å². The summed E-state index contributed by atoms with van der Waals surface area (Å²) in [7, 11) is 0. The van der Waals surface area contributed by atoms with Crippen molar-refractivity contribution in [2.45, 2.75) is 63.9 Å². The maximum Gasteiger partial charge on any atom is 0.0874 e. The van der Waals surface area contributed by atoms with E-state index in [4.69, 9.17) is 9.47 Å². The van der Waals surface area contributed by atoms with Crippen LogP contribution in [-0.4, -0.2) is 19.3 Å². The van der Waals surface area contributed by atoms with Crippen LogP contribution >= 0.6 is 0 Å². The molecule has 1 atom stereocenters. The van der Waals surface area contributed by atoms with Crippen molar-refractivity contribution in [1.82, 2.24) is 0 Å². The molecule has 1 unspecified atom stereocenters. The Balaban J connectivity index is 1.49. The van der Waals surface area contributed by atoms with E-state index >= 15 is 0 Å². The molecular formula is C14H24O2. The second-order valence-corrected chi connectivity index (χ2v) is 4.98. The van der Waals surface area contributed by atoms with Crippen molar-refractivity contribution in [3.8, 4) is 0 Å². The van der Waals surface area contributed by atoms with Gasteiger partial charge in [-0.2, -0.15) is 0 Å². The summed E-state index contributed by atoms with van der Waals surface area (Å²) in [4.78, 5) is 0. The first-order valence-corrected chi connectivity index (χ1v) is 6.86. The third kappa shape index (κ3) is 4.17. The minimum atomic E-state index is 0.511. The van der Waals surface area contributed by atoms with Gasteiger partial charge in [0.25, 0.3) is 0 Å². The van der Waals surface area contributed by atoms with Gasteiger partial charge >= 0.3 is 0 Å². The number of ether oxygens (including phenoxy) is 2. The summed E-state index contributed by atoms with van der Waals surface area (Å²) in [6.45, 7) is 1.83. The fourth-order valence-electron chi connectivity index (χ4n) is 2.55. The molecule has 2 heteroatoms. The Morgan fingerprint density at radius 1 is 1.19 bits per heavy atom. The highest BCUT2D eigenvalue weighted by molar-refractivity contribution is 5.02. The molecule has 92 valence electrons. The van der Waals surface area contributed by atoms with Gasteiger partial charge in [-0.3, -0.25) is 0 Å². The van der Waals surface area contributed by atoms with Gasteiger partial charge in [0.15, 0.2) is 0 Å². The fourth-order valence-corrected chi connectivity index (χ4v) is 2.55. The lowest BCUT2D eigenvalue weighted by Crippen LogP contribution is -2.19. The van der Waals surface area contributed by atoms with Gasteiger partial charge in [0.2, 0.25) is 0 Å². The summed E-state index contributed by atoms with van der Waals surface area (Å²) < 4.78 is 11.3. The molecule has 0 spiro atoms. The highest BCUT2D eigenvalue weighted by atomic mass is 16.5. The molecule has 0 N–H and O–H groups in total. The standard InChI is InChI=1S/C14H24O2/c1-2-7-13(6-1)12-15-10-5-9-14-8-3-4-11-16-14/h12,14H,1-11H2. The zero-order valence-electron chi connectivity index (χ0n) is 10.2. The summed E-state index contributed by atoms with van der Waals surface area (Å²) in [5.41, 5.74) is 1.51. The highest BCUT2D eigenvalue weighted by Gasteiger charge is 2.12. The number of hydrogen-bond acceptors (Lipinski definition) is 2. The highest BCUT2D eigenvalue weighted by Crippen LogP contribution is 2.23. The fraction of sp³-hybridized carbons (Fsp3) is 0.857. The Hall–Kier alpha value is -0.500. The average molecular weight is 224 g/mol. The SMILES string of the molecule is C(OCCCC1CCCCO1)=C1CCCC1. The Morgan fingerprint density at radius 3 is 2.81 bits per heavy atom. The lowest BCUT2D eigenvalue weighted by Gasteiger charge is -2.22. The van der Waals surface area contributed by atoms with Gasteiger partial charge in [0, 0.05) is 6.61 Å². The topological polar surface area (TPSA) is 18.5 Å². The van der Waals surface area contributed by atoms with E-state index in [-0.39, 0.29) is 0 Å². The number of allylic oxidation sites excluding steroid dienone is 1. The van der Waals surface area contributed by atoms with Crippen LogP contribution in [0.4, 0.5) is 0 Å². The van der Waals surface area contributed by atoms with E-state index in [9.17, 15) is 0 Å². The van der Waals surface area contributed by atoms with Gasteiger partial charge in [-0.25, -0.2) is 0 Å². The van der Waals surface area contributed by atoms with Gasteiger partial charge in [0.1, 0.15) is 0 Å². The van der Waals surface area contributed by atoms with Gasteiger partial charge in [-0.05, 0) is 63.4 Å².